The van der Waals surface area contributed by atoms with Crippen molar-refractivity contribution >= 4 is 21.6 Å². The van der Waals surface area contributed by atoms with Crippen molar-refractivity contribution in [2.75, 3.05) is 19.0 Å². The van der Waals surface area contributed by atoms with E-state index in [4.69, 9.17) is 9.47 Å². The SMILES string of the molecule is COc1ccc(S(=O)(=O)NCC2Oc3ccccc3NC2=O)cc1. The molecule has 0 fully saturated rings. The third-order valence-electron chi connectivity index (χ3n) is 3.54. The number of nitrogens with one attached hydrogen (secondary N) is 2. The number of carbonyl (C=O) groups excluding carboxylic acids is 1. The molecule has 0 saturated heterocycles. The van der Waals surface area contributed by atoms with Crippen LogP contribution in [0.15, 0.2) is 53.4 Å². The average Bonchev–Trinajstić information content (AvgIpc) is 2.60. The molecule has 1 heterocycles. The molecule has 2 aromatic rings. The van der Waals surface area contributed by atoms with Crippen molar-refractivity contribution < 1.29 is 22.7 Å². The fourth-order valence-electron chi connectivity index (χ4n) is 2.25. The van der Waals surface area contributed by atoms with E-state index in [1.54, 1.807) is 36.4 Å². The van der Waals surface area contributed by atoms with Crippen molar-refractivity contribution in [1.82, 2.24) is 4.72 Å². The molecule has 1 atom stereocenters. The zero-order valence-corrected chi connectivity index (χ0v) is 13.7. The first kappa shape index (κ1) is 16.3. The number of sulfonamides is 1. The Morgan fingerprint density at radius 3 is 2.58 bits per heavy atom. The van der Waals surface area contributed by atoms with Crippen LogP contribution in [0.2, 0.25) is 0 Å². The molecule has 1 aliphatic heterocycles. The lowest BCUT2D eigenvalue weighted by Gasteiger charge is -2.25. The number of fused-ring (bicyclic) bond motifs is 1. The summed E-state index contributed by atoms with van der Waals surface area (Å²) in [5.74, 6) is 0.664. The van der Waals surface area contributed by atoms with Crippen LogP contribution >= 0.6 is 0 Å². The lowest BCUT2D eigenvalue weighted by molar-refractivity contribution is -0.123. The Labute approximate surface area is 139 Å². The van der Waals surface area contributed by atoms with Crippen LogP contribution in [0.5, 0.6) is 11.5 Å². The van der Waals surface area contributed by atoms with Gasteiger partial charge in [-0.05, 0) is 36.4 Å². The molecule has 2 aromatic carbocycles. The quantitative estimate of drug-likeness (QED) is 0.851. The van der Waals surface area contributed by atoms with Gasteiger partial charge >= 0.3 is 0 Å². The summed E-state index contributed by atoms with van der Waals surface area (Å²) < 4.78 is 37.5. The van der Waals surface area contributed by atoms with Crippen molar-refractivity contribution in [3.63, 3.8) is 0 Å². The maximum absolute atomic E-state index is 12.3. The highest BCUT2D eigenvalue weighted by molar-refractivity contribution is 7.89. The summed E-state index contributed by atoms with van der Waals surface area (Å²) in [5, 5.41) is 2.69. The fourth-order valence-corrected chi connectivity index (χ4v) is 3.28. The normalized spacial score (nSPS) is 16.7. The number of para-hydroxylation sites is 2. The Hall–Kier alpha value is -2.58. The summed E-state index contributed by atoms with van der Waals surface area (Å²) >= 11 is 0. The van der Waals surface area contributed by atoms with Crippen molar-refractivity contribution in [2.24, 2.45) is 0 Å². The van der Waals surface area contributed by atoms with Gasteiger partial charge in [-0.2, -0.15) is 0 Å². The molecule has 0 aliphatic carbocycles. The molecule has 126 valence electrons. The second kappa shape index (κ2) is 6.50. The summed E-state index contributed by atoms with van der Waals surface area (Å²) in [7, 11) is -2.25. The van der Waals surface area contributed by atoms with Crippen LogP contribution in [0, 0.1) is 0 Å². The third kappa shape index (κ3) is 3.34. The van der Waals surface area contributed by atoms with Crippen molar-refractivity contribution in [1.29, 1.82) is 0 Å². The lowest BCUT2D eigenvalue weighted by Crippen LogP contribution is -2.45. The van der Waals surface area contributed by atoms with Crippen LogP contribution in [-0.4, -0.2) is 34.1 Å². The summed E-state index contributed by atoms with van der Waals surface area (Å²) in [6.07, 6.45) is -0.937. The lowest BCUT2D eigenvalue weighted by atomic mass is 10.2. The Kier molecular flexibility index (Phi) is 4.41. The molecule has 2 N–H and O–H groups in total. The highest BCUT2D eigenvalue weighted by atomic mass is 32.2. The van der Waals surface area contributed by atoms with E-state index >= 15 is 0 Å². The second-order valence-electron chi connectivity index (χ2n) is 5.12. The second-order valence-corrected chi connectivity index (χ2v) is 6.89. The van der Waals surface area contributed by atoms with E-state index in [2.05, 4.69) is 10.0 Å². The highest BCUT2D eigenvalue weighted by Gasteiger charge is 2.29. The number of anilines is 1. The Morgan fingerprint density at radius 2 is 1.88 bits per heavy atom. The molecular weight excluding hydrogens is 332 g/mol. The molecule has 0 spiro atoms. The number of hydrogen-bond donors (Lipinski definition) is 2. The molecule has 1 unspecified atom stereocenters. The number of ether oxygens (including phenoxy) is 2. The van der Waals surface area contributed by atoms with Gasteiger partial charge in [0.05, 0.1) is 24.2 Å². The van der Waals surface area contributed by atoms with Crippen LogP contribution in [0.4, 0.5) is 5.69 Å². The standard InChI is InChI=1S/C16H16N2O5S/c1-22-11-6-8-12(9-7-11)24(20,21)17-10-15-16(19)18-13-4-2-3-5-14(13)23-15/h2-9,15,17H,10H2,1H3,(H,18,19). The van der Waals surface area contributed by atoms with E-state index < -0.39 is 22.0 Å². The van der Waals surface area contributed by atoms with Crippen LogP contribution in [0.3, 0.4) is 0 Å². The topological polar surface area (TPSA) is 93.7 Å². The maximum atomic E-state index is 12.3. The van der Waals surface area contributed by atoms with E-state index in [-0.39, 0.29) is 11.4 Å². The van der Waals surface area contributed by atoms with Gasteiger partial charge in [0.2, 0.25) is 10.0 Å². The molecule has 1 aliphatic rings. The summed E-state index contributed by atoms with van der Waals surface area (Å²) in [5.41, 5.74) is 0.566. The van der Waals surface area contributed by atoms with Crippen molar-refractivity contribution in [2.45, 2.75) is 11.0 Å². The molecule has 24 heavy (non-hydrogen) atoms. The summed E-state index contributed by atoms with van der Waals surface area (Å²) in [4.78, 5) is 12.1. The minimum atomic E-state index is -3.75. The van der Waals surface area contributed by atoms with Crippen LogP contribution in [0.1, 0.15) is 0 Å². The summed E-state index contributed by atoms with van der Waals surface area (Å²) in [6, 6.07) is 12.9. The van der Waals surface area contributed by atoms with Gasteiger partial charge in [0.1, 0.15) is 11.5 Å². The molecule has 0 bridgehead atoms. The number of benzene rings is 2. The Morgan fingerprint density at radius 1 is 1.17 bits per heavy atom. The summed E-state index contributed by atoms with van der Waals surface area (Å²) in [6.45, 7) is -0.172. The maximum Gasteiger partial charge on any atom is 0.266 e. The Bertz CT molecular complexity index is 849. The van der Waals surface area contributed by atoms with Gasteiger partial charge < -0.3 is 14.8 Å². The van der Waals surface area contributed by atoms with Crippen molar-refractivity contribution in [3.05, 3.63) is 48.5 Å². The number of hydrogen-bond acceptors (Lipinski definition) is 5. The molecule has 1 amide bonds. The predicted octanol–water partition coefficient (Wildman–Crippen LogP) is 1.37. The van der Waals surface area contributed by atoms with E-state index in [0.29, 0.717) is 17.2 Å². The van der Waals surface area contributed by atoms with E-state index in [9.17, 15) is 13.2 Å². The van der Waals surface area contributed by atoms with E-state index in [0.717, 1.165) is 0 Å². The van der Waals surface area contributed by atoms with Crippen LogP contribution in [0.25, 0.3) is 0 Å². The Balaban J connectivity index is 1.69. The molecule has 7 nitrogen and oxygen atoms in total. The zero-order chi connectivity index (χ0) is 17.2. The monoisotopic (exact) mass is 348 g/mol. The molecule has 3 rings (SSSR count). The number of methoxy groups -OCH3 is 1. The van der Waals surface area contributed by atoms with Gasteiger partial charge in [-0.3, -0.25) is 4.79 Å². The third-order valence-corrected chi connectivity index (χ3v) is 4.97. The minimum Gasteiger partial charge on any atom is -0.497 e. The van der Waals surface area contributed by atoms with Gasteiger partial charge in [-0.15, -0.1) is 0 Å². The van der Waals surface area contributed by atoms with Crippen molar-refractivity contribution in [3.8, 4) is 11.5 Å². The van der Waals surface area contributed by atoms with E-state index in [1.165, 1.54) is 19.2 Å². The fraction of sp³-hybridized carbons (Fsp3) is 0.188. The van der Waals surface area contributed by atoms with Gasteiger partial charge in [-0.25, -0.2) is 13.1 Å². The largest absolute Gasteiger partial charge is 0.497 e. The van der Waals surface area contributed by atoms with E-state index in [1.807, 2.05) is 0 Å². The minimum absolute atomic E-state index is 0.0833. The average molecular weight is 348 g/mol. The molecule has 0 saturated carbocycles. The molecule has 0 aromatic heterocycles. The molecular formula is C16H16N2O5S. The number of carbonyl (C=O) groups is 1. The molecule has 0 radical (unpaired) electrons. The zero-order valence-electron chi connectivity index (χ0n) is 12.9. The molecule has 8 heteroatoms. The number of amides is 1. The first-order chi connectivity index (χ1) is 11.5. The first-order valence-electron chi connectivity index (χ1n) is 7.20. The smallest absolute Gasteiger partial charge is 0.266 e. The van der Waals surface area contributed by atoms with Gasteiger partial charge in [0.15, 0.2) is 6.10 Å². The van der Waals surface area contributed by atoms with Gasteiger partial charge in [0.25, 0.3) is 5.91 Å². The predicted molar refractivity (Wildman–Crippen MR) is 87.7 cm³/mol. The number of rotatable bonds is 5. The first-order valence-corrected chi connectivity index (χ1v) is 8.68. The highest BCUT2D eigenvalue weighted by Crippen LogP contribution is 2.28. The van der Waals surface area contributed by atoms with Crippen LogP contribution in [-0.2, 0) is 14.8 Å². The van der Waals surface area contributed by atoms with Crippen LogP contribution < -0.4 is 19.5 Å². The van der Waals surface area contributed by atoms with Gasteiger partial charge in [-0.1, -0.05) is 12.1 Å². The van der Waals surface area contributed by atoms with Gasteiger partial charge in [0, 0.05) is 0 Å².